The van der Waals surface area contributed by atoms with E-state index < -0.39 is 0 Å². The molecule has 1 heterocycles. The molecule has 0 radical (unpaired) electrons. The fourth-order valence-electron chi connectivity index (χ4n) is 2.47. The minimum Gasteiger partial charge on any atom is -0.493 e. The van der Waals surface area contributed by atoms with Crippen molar-refractivity contribution in [3.8, 4) is 11.5 Å². The van der Waals surface area contributed by atoms with Crippen LogP contribution in [0.2, 0.25) is 0 Å². The highest BCUT2D eigenvalue weighted by molar-refractivity contribution is 5.75. The maximum atomic E-state index is 12.0. The predicted molar refractivity (Wildman–Crippen MR) is 92.3 cm³/mol. The number of aromatic nitrogens is 2. The number of amides is 1. The second-order valence-corrected chi connectivity index (χ2v) is 5.48. The number of aryl methyl sites for hydroxylation is 1. The molecule has 0 fully saturated rings. The first-order valence-electron chi connectivity index (χ1n) is 7.67. The Hall–Kier alpha value is -2.76. The normalized spacial score (nSPS) is 10.3. The van der Waals surface area contributed by atoms with Crippen molar-refractivity contribution < 1.29 is 14.3 Å². The third-order valence-electron chi connectivity index (χ3n) is 3.54. The van der Waals surface area contributed by atoms with Crippen molar-refractivity contribution in [1.29, 1.82) is 0 Å². The first kappa shape index (κ1) is 17.6. The summed E-state index contributed by atoms with van der Waals surface area (Å²) >= 11 is 0. The SMILES string of the molecule is C=CCc1cc(CNC(=O)Cn2cc(C)cn2)cc(OC)c1OC. The van der Waals surface area contributed by atoms with Gasteiger partial charge in [0.25, 0.3) is 0 Å². The lowest BCUT2D eigenvalue weighted by Gasteiger charge is -2.15. The number of methoxy groups -OCH3 is 2. The zero-order valence-corrected chi connectivity index (χ0v) is 14.3. The van der Waals surface area contributed by atoms with Crippen LogP contribution in [-0.2, 0) is 24.3 Å². The molecule has 1 N–H and O–H groups in total. The number of carbonyl (C=O) groups excluding carboxylic acids is 1. The van der Waals surface area contributed by atoms with Gasteiger partial charge in [-0.05, 0) is 36.6 Å². The molecule has 0 bridgehead atoms. The Kier molecular flexibility index (Phi) is 6.01. The second kappa shape index (κ2) is 8.19. The van der Waals surface area contributed by atoms with Crippen molar-refractivity contribution in [2.24, 2.45) is 0 Å². The smallest absolute Gasteiger partial charge is 0.241 e. The third-order valence-corrected chi connectivity index (χ3v) is 3.54. The van der Waals surface area contributed by atoms with Gasteiger partial charge in [-0.2, -0.15) is 5.10 Å². The standard InChI is InChI=1S/C18H23N3O3/c1-5-6-15-7-14(8-16(23-3)18(15)24-4)10-19-17(22)12-21-11-13(2)9-20-21/h5,7-9,11H,1,6,10,12H2,2-4H3,(H,19,22). The third kappa shape index (κ3) is 4.38. The van der Waals surface area contributed by atoms with E-state index in [1.54, 1.807) is 31.2 Å². The van der Waals surface area contributed by atoms with Gasteiger partial charge in [0.15, 0.2) is 11.5 Å². The van der Waals surface area contributed by atoms with E-state index >= 15 is 0 Å². The topological polar surface area (TPSA) is 65.4 Å². The number of hydrogen-bond donors (Lipinski definition) is 1. The number of allylic oxidation sites excluding steroid dienone is 1. The van der Waals surface area contributed by atoms with E-state index in [-0.39, 0.29) is 12.5 Å². The zero-order valence-electron chi connectivity index (χ0n) is 14.3. The van der Waals surface area contributed by atoms with Gasteiger partial charge in [0.1, 0.15) is 6.54 Å². The Morgan fingerprint density at radius 2 is 2.17 bits per heavy atom. The van der Waals surface area contributed by atoms with E-state index in [2.05, 4.69) is 17.0 Å². The number of nitrogens with zero attached hydrogens (tertiary/aromatic N) is 2. The van der Waals surface area contributed by atoms with E-state index in [0.717, 1.165) is 16.7 Å². The summed E-state index contributed by atoms with van der Waals surface area (Å²) in [6, 6.07) is 3.85. The van der Waals surface area contributed by atoms with E-state index in [9.17, 15) is 4.79 Å². The molecule has 1 aromatic carbocycles. The van der Waals surface area contributed by atoms with Crippen LogP contribution in [0.4, 0.5) is 0 Å². The summed E-state index contributed by atoms with van der Waals surface area (Å²) in [6.07, 6.45) is 6.02. The maximum Gasteiger partial charge on any atom is 0.241 e. The Balaban J connectivity index is 2.07. The number of hydrogen-bond acceptors (Lipinski definition) is 4. The molecule has 0 saturated heterocycles. The van der Waals surface area contributed by atoms with Crippen LogP contribution in [0.5, 0.6) is 11.5 Å². The molecule has 0 atom stereocenters. The first-order chi connectivity index (χ1) is 11.6. The molecule has 1 aromatic heterocycles. The highest BCUT2D eigenvalue weighted by Crippen LogP contribution is 2.33. The number of benzene rings is 1. The quantitative estimate of drug-likeness (QED) is 0.755. The zero-order chi connectivity index (χ0) is 17.5. The Bertz CT molecular complexity index is 722. The predicted octanol–water partition coefficient (Wildman–Crippen LogP) is 2.25. The van der Waals surface area contributed by atoms with Gasteiger partial charge in [0.2, 0.25) is 5.91 Å². The molecule has 6 heteroatoms. The van der Waals surface area contributed by atoms with Crippen LogP contribution in [0.25, 0.3) is 0 Å². The summed E-state index contributed by atoms with van der Waals surface area (Å²) in [5, 5.41) is 7.00. The Labute approximate surface area is 142 Å². The molecule has 2 rings (SSSR count). The van der Waals surface area contributed by atoms with Gasteiger partial charge in [-0.3, -0.25) is 9.48 Å². The van der Waals surface area contributed by atoms with Crippen molar-refractivity contribution >= 4 is 5.91 Å². The highest BCUT2D eigenvalue weighted by Gasteiger charge is 2.12. The van der Waals surface area contributed by atoms with Gasteiger partial charge in [-0.1, -0.05) is 6.08 Å². The van der Waals surface area contributed by atoms with Crippen molar-refractivity contribution in [2.45, 2.75) is 26.4 Å². The van der Waals surface area contributed by atoms with Gasteiger partial charge < -0.3 is 14.8 Å². The number of carbonyl (C=O) groups is 1. The van der Waals surface area contributed by atoms with E-state index in [0.29, 0.717) is 24.5 Å². The molecule has 0 aliphatic heterocycles. The average Bonchev–Trinajstić information content (AvgIpc) is 2.97. The molecular weight excluding hydrogens is 306 g/mol. The van der Waals surface area contributed by atoms with E-state index in [1.165, 1.54) is 0 Å². The molecule has 1 amide bonds. The molecule has 6 nitrogen and oxygen atoms in total. The largest absolute Gasteiger partial charge is 0.493 e. The second-order valence-electron chi connectivity index (χ2n) is 5.48. The molecular formula is C18H23N3O3. The average molecular weight is 329 g/mol. The Morgan fingerprint density at radius 1 is 1.38 bits per heavy atom. The summed E-state index contributed by atoms with van der Waals surface area (Å²) in [5.41, 5.74) is 2.94. The van der Waals surface area contributed by atoms with Crippen molar-refractivity contribution in [2.75, 3.05) is 14.2 Å². The summed E-state index contributed by atoms with van der Waals surface area (Å²) in [7, 11) is 3.20. The fraction of sp³-hybridized carbons (Fsp3) is 0.333. The van der Waals surface area contributed by atoms with E-state index in [1.807, 2.05) is 25.3 Å². The minimum atomic E-state index is -0.0989. The van der Waals surface area contributed by atoms with Crippen LogP contribution in [-0.4, -0.2) is 29.9 Å². The van der Waals surface area contributed by atoms with Gasteiger partial charge in [0.05, 0.1) is 20.4 Å². The summed E-state index contributed by atoms with van der Waals surface area (Å²) in [4.78, 5) is 12.0. The van der Waals surface area contributed by atoms with Crippen LogP contribution in [0.3, 0.4) is 0 Å². The lowest BCUT2D eigenvalue weighted by molar-refractivity contribution is -0.122. The monoisotopic (exact) mass is 329 g/mol. The fourth-order valence-corrected chi connectivity index (χ4v) is 2.47. The maximum absolute atomic E-state index is 12.0. The summed E-state index contributed by atoms with van der Waals surface area (Å²) in [6.45, 7) is 6.30. The molecule has 2 aromatic rings. The van der Waals surface area contributed by atoms with Crippen LogP contribution >= 0.6 is 0 Å². The van der Waals surface area contributed by atoms with Gasteiger partial charge >= 0.3 is 0 Å². The molecule has 24 heavy (non-hydrogen) atoms. The molecule has 0 unspecified atom stereocenters. The first-order valence-corrected chi connectivity index (χ1v) is 7.67. The van der Waals surface area contributed by atoms with Gasteiger partial charge in [-0.15, -0.1) is 6.58 Å². The van der Waals surface area contributed by atoms with Crippen molar-refractivity contribution in [3.05, 3.63) is 53.9 Å². The molecule has 0 aliphatic rings. The molecule has 0 aliphatic carbocycles. The van der Waals surface area contributed by atoms with E-state index in [4.69, 9.17) is 9.47 Å². The van der Waals surface area contributed by atoms with Crippen LogP contribution in [0.1, 0.15) is 16.7 Å². The highest BCUT2D eigenvalue weighted by atomic mass is 16.5. The Morgan fingerprint density at radius 3 is 2.75 bits per heavy atom. The lowest BCUT2D eigenvalue weighted by atomic mass is 10.1. The number of nitrogens with one attached hydrogen (secondary N) is 1. The number of rotatable bonds is 8. The lowest BCUT2D eigenvalue weighted by Crippen LogP contribution is -2.27. The molecule has 0 saturated carbocycles. The van der Waals surface area contributed by atoms with Gasteiger partial charge in [0, 0.05) is 18.3 Å². The van der Waals surface area contributed by atoms with Crippen LogP contribution in [0, 0.1) is 6.92 Å². The van der Waals surface area contributed by atoms with Crippen LogP contribution in [0.15, 0.2) is 37.2 Å². The number of ether oxygens (including phenoxy) is 2. The summed E-state index contributed by atoms with van der Waals surface area (Å²) < 4.78 is 12.4. The minimum absolute atomic E-state index is 0.0989. The van der Waals surface area contributed by atoms with Crippen molar-refractivity contribution in [3.63, 3.8) is 0 Å². The van der Waals surface area contributed by atoms with Crippen LogP contribution < -0.4 is 14.8 Å². The van der Waals surface area contributed by atoms with Crippen molar-refractivity contribution in [1.82, 2.24) is 15.1 Å². The molecule has 128 valence electrons. The molecule has 0 spiro atoms. The van der Waals surface area contributed by atoms with Gasteiger partial charge in [-0.25, -0.2) is 0 Å². The summed E-state index contributed by atoms with van der Waals surface area (Å²) in [5.74, 6) is 1.24.